The normalized spacial score (nSPS) is 28.0. The second-order valence-electron chi connectivity index (χ2n) is 5.31. The maximum Gasteiger partial charge on any atom is 1.00 e. The molecule has 1 aromatic rings. The largest absolute Gasteiger partial charge is 1.00 e. The minimum atomic E-state index is -5.77. The van der Waals surface area contributed by atoms with E-state index < -0.39 is 59.8 Å². The van der Waals surface area contributed by atoms with Crippen molar-refractivity contribution in [3.05, 3.63) is 33.1 Å². The van der Waals surface area contributed by atoms with Gasteiger partial charge in [0.25, 0.3) is 13.4 Å². The van der Waals surface area contributed by atoms with Crippen LogP contribution in [0.15, 0.2) is 21.9 Å². The molecule has 5 N–H and O–H groups in total. The Morgan fingerprint density at radius 2 is 1.83 bits per heavy atom. The van der Waals surface area contributed by atoms with Crippen molar-refractivity contribution in [3.63, 3.8) is 0 Å². The first-order valence-corrected chi connectivity index (χ1v) is 11.6. The van der Waals surface area contributed by atoms with Crippen molar-refractivity contribution < 1.29 is 85.8 Å². The summed E-state index contributed by atoms with van der Waals surface area (Å²) in [4.78, 5) is 61.7. The van der Waals surface area contributed by atoms with E-state index in [1.165, 1.54) is 0 Å². The van der Waals surface area contributed by atoms with Gasteiger partial charge in [-0.05, 0) is 0 Å². The summed E-state index contributed by atoms with van der Waals surface area (Å²) in [5.41, 5.74) is -1.51. The van der Waals surface area contributed by atoms with Crippen molar-refractivity contribution >= 4 is 23.5 Å². The van der Waals surface area contributed by atoms with Gasteiger partial charge in [-0.1, -0.05) is 0 Å². The van der Waals surface area contributed by atoms with Crippen molar-refractivity contribution in [2.75, 3.05) is 6.61 Å². The Bertz CT molecular complexity index is 972. The van der Waals surface area contributed by atoms with Gasteiger partial charge in [0.1, 0.15) is 12.3 Å². The van der Waals surface area contributed by atoms with Crippen LogP contribution >= 0.6 is 23.5 Å². The monoisotopic (exact) mass is 490 g/mol. The average molecular weight is 490 g/mol. The van der Waals surface area contributed by atoms with Gasteiger partial charge in [-0.2, -0.15) is 4.31 Å². The van der Waals surface area contributed by atoms with Crippen LogP contribution in [0.2, 0.25) is 0 Å². The Kier molecular flexibility index (Phi) is 9.41. The smallest absolute Gasteiger partial charge is 0.756 e. The fourth-order valence-electron chi connectivity index (χ4n) is 2.16. The molecule has 0 radical (unpaired) electrons. The Morgan fingerprint density at radius 1 is 1.21 bits per heavy atom. The molecule has 0 bridgehead atoms. The Balaban J connectivity index is 0.00000420. The number of ether oxygens (including phenoxy) is 1. The number of hydrogen-bond acceptors (Lipinski definition) is 11. The zero-order chi connectivity index (χ0) is 21.3. The maximum atomic E-state index is 11.7. The molecular formula is C9H14N2NaO14P3. The van der Waals surface area contributed by atoms with Crippen LogP contribution < -0.4 is 45.7 Å². The summed E-state index contributed by atoms with van der Waals surface area (Å²) in [5.74, 6) is 0. The fraction of sp³-hybridized carbons (Fsp3) is 0.556. The predicted molar refractivity (Wildman–Crippen MR) is 83.5 cm³/mol. The quantitative estimate of drug-likeness (QED) is 0.169. The predicted octanol–water partition coefficient (Wildman–Crippen LogP) is -5.10. The molecule has 0 aliphatic carbocycles. The average Bonchev–Trinajstić information content (AvgIpc) is 2.82. The second-order valence-corrected chi connectivity index (χ2v) is 9.69. The first-order chi connectivity index (χ1) is 12.7. The summed E-state index contributed by atoms with van der Waals surface area (Å²) in [5, 5.41) is 9.90. The van der Waals surface area contributed by atoms with Crippen molar-refractivity contribution in [3.8, 4) is 0 Å². The number of rotatable bonds is 8. The summed E-state index contributed by atoms with van der Waals surface area (Å²) in [6, 6.07) is 1.02. The zero-order valence-electron chi connectivity index (χ0n) is 14.5. The molecule has 1 saturated heterocycles. The summed E-state index contributed by atoms with van der Waals surface area (Å²) in [6.45, 7) is -0.891. The van der Waals surface area contributed by atoms with Crippen molar-refractivity contribution in [1.29, 1.82) is 0 Å². The number of nitrogens with one attached hydrogen (secondary N) is 1. The summed E-state index contributed by atoms with van der Waals surface area (Å²) in [6.07, 6.45) is -2.78. The van der Waals surface area contributed by atoms with Crippen LogP contribution in [0.5, 0.6) is 0 Å². The molecule has 2 heterocycles. The summed E-state index contributed by atoms with van der Waals surface area (Å²) < 4.78 is 50.7. The number of phosphoric ester groups is 1. The number of aliphatic hydroxyl groups excluding tert-OH is 1. The van der Waals surface area contributed by atoms with Gasteiger partial charge in [-0.25, -0.2) is 18.2 Å². The van der Waals surface area contributed by atoms with Gasteiger partial charge in [0, 0.05) is 18.7 Å². The van der Waals surface area contributed by atoms with E-state index in [2.05, 4.69) is 13.1 Å². The van der Waals surface area contributed by atoms with Gasteiger partial charge >= 0.3 is 50.9 Å². The van der Waals surface area contributed by atoms with Crippen LogP contribution in [0.1, 0.15) is 12.6 Å². The molecule has 16 nitrogen and oxygen atoms in total. The Labute approximate surface area is 183 Å². The molecular weight excluding hydrogens is 476 g/mol. The number of phosphoric acid groups is 3. The van der Waals surface area contributed by atoms with Crippen LogP contribution in [0.4, 0.5) is 0 Å². The van der Waals surface area contributed by atoms with Crippen LogP contribution in [0.3, 0.4) is 0 Å². The van der Waals surface area contributed by atoms with E-state index in [1.807, 2.05) is 4.98 Å². The molecule has 3 unspecified atom stereocenters. The van der Waals surface area contributed by atoms with E-state index in [0.717, 1.165) is 16.8 Å². The van der Waals surface area contributed by atoms with Gasteiger partial charge in [0.2, 0.25) is 0 Å². The Hall–Kier alpha value is 0.01000. The van der Waals surface area contributed by atoms with E-state index in [0.29, 0.717) is 0 Å². The molecule has 1 aliphatic rings. The number of aliphatic hydroxyl groups is 1. The van der Waals surface area contributed by atoms with Crippen LogP contribution in [-0.4, -0.2) is 48.2 Å². The number of aromatic nitrogens is 2. The second kappa shape index (κ2) is 10.1. The van der Waals surface area contributed by atoms with Crippen molar-refractivity contribution in [2.45, 2.75) is 24.9 Å². The standard InChI is InChI=1S/C9H15N2O14P3.Na/c12-5-3-8(11-2-1-7(13)10-9(11)14)23-6(5)4-22-27(18,19)25-28(20,21)24-26(15,16)17;/h1-2,5-6,8,12H,3-4H2,(H,18,19)(H,20,21)(H,10,13,14)(H2,15,16,17);/q;+1/p-1/t5-,6+,8+;/m0./s1. The topological polar surface area (TPSA) is 247 Å². The number of H-pyrrole nitrogens is 1. The van der Waals surface area contributed by atoms with Crippen LogP contribution in [0, 0.1) is 0 Å². The third-order valence-corrected chi connectivity index (χ3v) is 6.96. The maximum absolute atomic E-state index is 11.7. The Morgan fingerprint density at radius 3 is 2.38 bits per heavy atom. The van der Waals surface area contributed by atoms with Gasteiger partial charge in [0.15, 0.2) is 0 Å². The molecule has 1 aromatic heterocycles. The van der Waals surface area contributed by atoms with Gasteiger partial charge in [0.05, 0.1) is 12.7 Å². The first kappa shape index (κ1) is 27.0. The van der Waals surface area contributed by atoms with Crippen molar-refractivity contribution in [2.24, 2.45) is 0 Å². The SMILES string of the molecule is O=c1ccn([C@H]2C[C@H](O)[C@@H](COP(=O)(O)OP(=O)(O)OP(=O)([O-])O)O2)c(=O)[nH]1.[Na+]. The third kappa shape index (κ3) is 8.57. The first-order valence-electron chi connectivity index (χ1n) is 7.09. The number of nitrogens with zero attached hydrogens (tertiary/aromatic N) is 1. The molecule has 0 saturated carbocycles. The van der Waals surface area contributed by atoms with Gasteiger partial charge in [-0.3, -0.25) is 23.4 Å². The minimum Gasteiger partial charge on any atom is -0.756 e. The molecule has 20 heteroatoms. The molecule has 6 atom stereocenters. The summed E-state index contributed by atoms with van der Waals surface area (Å²) >= 11 is 0. The van der Waals surface area contributed by atoms with Gasteiger partial charge in [-0.15, -0.1) is 0 Å². The number of aromatic amines is 1. The number of hydrogen-bond donors (Lipinski definition) is 5. The van der Waals surface area contributed by atoms with Crippen molar-refractivity contribution in [1.82, 2.24) is 9.55 Å². The van der Waals surface area contributed by atoms with Crippen LogP contribution in [0.25, 0.3) is 0 Å². The van der Waals surface area contributed by atoms with E-state index >= 15 is 0 Å². The molecule has 1 aliphatic heterocycles. The molecule has 0 spiro atoms. The third-order valence-electron chi connectivity index (χ3n) is 3.18. The van der Waals surface area contributed by atoms with Crippen LogP contribution in [-0.2, 0) is 31.6 Å². The molecule has 0 amide bonds. The molecule has 2 rings (SSSR count). The zero-order valence-corrected chi connectivity index (χ0v) is 19.1. The minimum absolute atomic E-state index is 0. The fourth-order valence-corrected chi connectivity index (χ4v) is 5.15. The molecule has 1 fully saturated rings. The van der Waals surface area contributed by atoms with Gasteiger partial charge < -0.3 is 29.4 Å². The molecule has 29 heavy (non-hydrogen) atoms. The van der Waals surface area contributed by atoms with E-state index in [1.54, 1.807) is 0 Å². The molecule has 160 valence electrons. The van der Waals surface area contributed by atoms with E-state index in [9.17, 15) is 38.2 Å². The van der Waals surface area contributed by atoms with E-state index in [-0.39, 0.29) is 36.0 Å². The molecule has 0 aromatic carbocycles. The summed E-state index contributed by atoms with van der Waals surface area (Å²) in [7, 11) is -16.9. The van der Waals surface area contributed by atoms with E-state index in [4.69, 9.17) is 14.5 Å².